The van der Waals surface area contributed by atoms with Crippen LogP contribution in [0.15, 0.2) is 126 Å². The summed E-state index contributed by atoms with van der Waals surface area (Å²) in [4.78, 5) is 35.3. The number of nitrogens with zero attached hydrogens (tertiary/aromatic N) is 1. The monoisotopic (exact) mass is 726 g/mol. The van der Waals surface area contributed by atoms with Crippen molar-refractivity contribution in [2.75, 3.05) is 25.1 Å². The lowest BCUT2D eigenvalue weighted by Crippen LogP contribution is -2.43. The number of hydrogen-bond acceptors (Lipinski definition) is 10. The smallest absolute Gasteiger partial charge is 0.405 e. The minimum absolute atomic E-state index is 0.0487. The van der Waals surface area contributed by atoms with Crippen molar-refractivity contribution >= 4 is 39.0 Å². The number of rotatable bonds is 16. The summed E-state index contributed by atoms with van der Waals surface area (Å²) in [7, 11) is -4.63. The molecule has 1 aliphatic carbocycles. The number of ether oxygens (including phenoxy) is 3. The molecule has 0 heterocycles. The maximum atomic E-state index is 13.2. The van der Waals surface area contributed by atoms with Crippen LogP contribution in [0.5, 0.6) is 11.5 Å². The van der Waals surface area contributed by atoms with Crippen molar-refractivity contribution in [3.05, 3.63) is 143 Å². The summed E-state index contributed by atoms with van der Waals surface area (Å²) >= 11 is 0. The van der Waals surface area contributed by atoms with Gasteiger partial charge < -0.3 is 25.3 Å². The Labute approximate surface area is 301 Å². The van der Waals surface area contributed by atoms with E-state index in [4.69, 9.17) is 19.9 Å². The Hall–Kier alpha value is -6.15. The summed E-state index contributed by atoms with van der Waals surface area (Å²) in [5.74, 6) is -0.00480. The Balaban J connectivity index is 1.18. The molecule has 270 valence electrons. The first-order chi connectivity index (χ1) is 24.9. The lowest BCUT2D eigenvalue weighted by Gasteiger charge is -2.28. The highest BCUT2D eigenvalue weighted by atomic mass is 32.2. The molecule has 0 radical (unpaired) electrons. The molecule has 4 aromatic carbocycles. The van der Waals surface area contributed by atoms with Crippen molar-refractivity contribution < 1.29 is 37.1 Å². The second kappa shape index (κ2) is 16.7. The normalized spacial score (nSPS) is 15.8. The Morgan fingerprint density at radius 1 is 0.942 bits per heavy atom. The number of para-hydroxylation sites is 1. The van der Waals surface area contributed by atoms with Gasteiger partial charge in [-0.15, -0.1) is 0 Å². The van der Waals surface area contributed by atoms with Gasteiger partial charge in [0, 0.05) is 24.4 Å². The standard InChI is InChI=1S/C38H38N4O9S/c1-38(20-18-29(19-21-38)28-8-4-2-5-9-28)26-50-31-14-12-27(13-15-31)24-35(51-37(39)44)36(43)41-52(47,48)32-16-17-33(34(25-32)42(45)46)40-22-23-49-30-10-6-3-7-11-30/h2-20,25,35,40H,21-24,26H2,1H3,(H2,39,44)(H,41,43). The van der Waals surface area contributed by atoms with Gasteiger partial charge in [-0.2, -0.15) is 0 Å². The van der Waals surface area contributed by atoms with Crippen LogP contribution in [0.3, 0.4) is 0 Å². The average molecular weight is 727 g/mol. The largest absolute Gasteiger partial charge is 0.493 e. The first-order valence-corrected chi connectivity index (χ1v) is 17.8. The number of carbonyl (C=O) groups excluding carboxylic acids is 2. The van der Waals surface area contributed by atoms with Gasteiger partial charge in [0.1, 0.15) is 23.8 Å². The number of nitrogens with two attached hydrogens (primary N) is 1. The molecule has 4 N–H and O–H groups in total. The molecule has 5 rings (SSSR count). The van der Waals surface area contributed by atoms with Gasteiger partial charge in [0.2, 0.25) is 0 Å². The molecule has 0 aromatic heterocycles. The number of sulfonamides is 1. The summed E-state index contributed by atoms with van der Waals surface area (Å²) in [5.41, 5.74) is 7.30. The van der Waals surface area contributed by atoms with Crippen molar-refractivity contribution in [2.45, 2.75) is 30.8 Å². The number of nitro benzene ring substituents is 1. The van der Waals surface area contributed by atoms with E-state index in [1.165, 1.54) is 6.07 Å². The fraction of sp³-hybridized carbons (Fsp3) is 0.211. The number of anilines is 1. The molecule has 2 unspecified atom stereocenters. The van der Waals surface area contributed by atoms with E-state index >= 15 is 0 Å². The number of primary amides is 1. The molecule has 0 aliphatic heterocycles. The van der Waals surface area contributed by atoms with Crippen molar-refractivity contribution in [2.24, 2.45) is 11.1 Å². The van der Waals surface area contributed by atoms with Crippen LogP contribution < -0.4 is 25.2 Å². The average Bonchev–Trinajstić information content (AvgIpc) is 3.13. The summed E-state index contributed by atoms with van der Waals surface area (Å²) in [6, 6.07) is 28.9. The first-order valence-electron chi connectivity index (χ1n) is 16.3. The molecule has 4 aromatic rings. The molecule has 0 fully saturated rings. The molecule has 0 bridgehead atoms. The van der Waals surface area contributed by atoms with Gasteiger partial charge in [-0.1, -0.05) is 85.8 Å². The van der Waals surface area contributed by atoms with Crippen LogP contribution in [0.25, 0.3) is 5.57 Å². The minimum Gasteiger partial charge on any atom is -0.493 e. The molecule has 52 heavy (non-hydrogen) atoms. The number of allylic oxidation sites excluding steroid dienone is 3. The summed E-state index contributed by atoms with van der Waals surface area (Å²) in [5, 5.41) is 14.7. The third-order valence-corrected chi connectivity index (χ3v) is 9.51. The Morgan fingerprint density at radius 3 is 2.25 bits per heavy atom. The van der Waals surface area contributed by atoms with Gasteiger partial charge in [0.05, 0.1) is 16.4 Å². The van der Waals surface area contributed by atoms with Crippen LogP contribution >= 0.6 is 0 Å². The molecule has 2 atom stereocenters. The van der Waals surface area contributed by atoms with Crippen LogP contribution in [-0.2, 0) is 26.0 Å². The number of nitro groups is 1. The first kappa shape index (κ1) is 37.1. The molecule has 14 heteroatoms. The van der Waals surface area contributed by atoms with E-state index in [-0.39, 0.29) is 30.7 Å². The van der Waals surface area contributed by atoms with Gasteiger partial charge in [-0.25, -0.2) is 17.9 Å². The molecule has 0 saturated carbocycles. The molecular formula is C38H38N4O9S. The fourth-order valence-electron chi connectivity index (χ4n) is 5.34. The summed E-state index contributed by atoms with van der Waals surface area (Å²) in [6.45, 7) is 2.87. The number of nitrogens with one attached hydrogen (secondary N) is 2. The zero-order valence-corrected chi connectivity index (χ0v) is 29.1. The van der Waals surface area contributed by atoms with E-state index < -0.39 is 43.6 Å². The third-order valence-electron chi connectivity index (χ3n) is 8.17. The number of amides is 2. The van der Waals surface area contributed by atoms with Gasteiger partial charge in [0.25, 0.3) is 21.6 Å². The van der Waals surface area contributed by atoms with E-state index in [0.717, 1.165) is 29.7 Å². The summed E-state index contributed by atoms with van der Waals surface area (Å²) in [6.07, 6.45) is 4.06. The zero-order valence-electron chi connectivity index (χ0n) is 28.3. The van der Waals surface area contributed by atoms with Crippen LogP contribution in [0.2, 0.25) is 0 Å². The second-order valence-electron chi connectivity index (χ2n) is 12.3. The number of carbonyl (C=O) groups is 2. The van der Waals surface area contributed by atoms with Gasteiger partial charge in [-0.3, -0.25) is 14.9 Å². The van der Waals surface area contributed by atoms with E-state index in [1.807, 2.05) is 29.0 Å². The maximum Gasteiger partial charge on any atom is 0.405 e. The van der Waals surface area contributed by atoms with E-state index in [9.17, 15) is 28.1 Å². The van der Waals surface area contributed by atoms with E-state index in [2.05, 4.69) is 42.6 Å². The second-order valence-corrected chi connectivity index (χ2v) is 14.0. The number of benzene rings is 4. The predicted molar refractivity (Wildman–Crippen MR) is 195 cm³/mol. The van der Waals surface area contributed by atoms with Gasteiger partial charge in [-0.05, 0) is 59.5 Å². The predicted octanol–water partition coefficient (Wildman–Crippen LogP) is 6.03. The minimum atomic E-state index is -4.63. The van der Waals surface area contributed by atoms with E-state index in [0.29, 0.717) is 23.7 Å². The number of hydrogen-bond donors (Lipinski definition) is 3. The lowest BCUT2D eigenvalue weighted by atomic mass is 9.81. The summed E-state index contributed by atoms with van der Waals surface area (Å²) < 4.78 is 44.8. The molecule has 0 saturated heterocycles. The van der Waals surface area contributed by atoms with Crippen molar-refractivity contribution in [1.29, 1.82) is 0 Å². The molecule has 13 nitrogen and oxygen atoms in total. The van der Waals surface area contributed by atoms with Gasteiger partial charge >= 0.3 is 6.09 Å². The maximum absolute atomic E-state index is 13.2. The Morgan fingerprint density at radius 2 is 1.62 bits per heavy atom. The van der Waals surface area contributed by atoms with Crippen LogP contribution in [0, 0.1) is 15.5 Å². The molecule has 1 aliphatic rings. The highest BCUT2D eigenvalue weighted by Gasteiger charge is 2.30. The Bertz CT molecular complexity index is 2060. The lowest BCUT2D eigenvalue weighted by molar-refractivity contribution is -0.384. The molecular weight excluding hydrogens is 689 g/mol. The van der Waals surface area contributed by atoms with Gasteiger partial charge in [0.15, 0.2) is 6.10 Å². The fourth-order valence-corrected chi connectivity index (χ4v) is 6.37. The molecule has 2 amide bonds. The Kier molecular flexibility index (Phi) is 11.9. The van der Waals surface area contributed by atoms with Crippen molar-refractivity contribution in [3.8, 4) is 11.5 Å². The van der Waals surface area contributed by atoms with Crippen molar-refractivity contribution in [3.63, 3.8) is 0 Å². The van der Waals surface area contributed by atoms with Crippen molar-refractivity contribution in [1.82, 2.24) is 4.72 Å². The quantitative estimate of drug-likeness (QED) is 0.0699. The molecule has 0 spiro atoms. The van der Waals surface area contributed by atoms with Crippen LogP contribution in [-0.4, -0.2) is 51.2 Å². The SMILES string of the molecule is CC1(COc2ccc(CC(OC(N)=O)C(=O)NS(=O)(=O)c3ccc(NCCOc4ccccc4)c([N+](=O)[O-])c3)cc2)C=CC(c2ccccc2)=CC1. The van der Waals surface area contributed by atoms with Crippen LogP contribution in [0.1, 0.15) is 24.5 Å². The highest BCUT2D eigenvalue weighted by molar-refractivity contribution is 7.90. The zero-order chi connectivity index (χ0) is 37.1. The topological polar surface area (TPSA) is 189 Å². The third kappa shape index (κ3) is 10.2. The van der Waals surface area contributed by atoms with Crippen LogP contribution in [0.4, 0.5) is 16.2 Å². The highest BCUT2D eigenvalue weighted by Crippen LogP contribution is 2.34. The van der Waals surface area contributed by atoms with E-state index in [1.54, 1.807) is 48.5 Å².